The molecule has 0 aliphatic heterocycles. The monoisotopic (exact) mass is 454 g/mol. The molecule has 0 spiro atoms. The molecule has 1 aromatic carbocycles. The van der Waals surface area contributed by atoms with Crippen LogP contribution >= 0.6 is 0 Å². The number of ether oxygens (including phenoxy) is 2. The van der Waals surface area contributed by atoms with Gasteiger partial charge in [0.15, 0.2) is 5.65 Å². The SMILES string of the molecule is COC(=O)c1cc(C)nc2c1c(=O)n(CC(=O)NC(C)(C)C)c(=O)n2-c1cccc(OC)c1. The van der Waals surface area contributed by atoms with Crippen molar-refractivity contribution in [1.82, 2.24) is 19.4 Å². The van der Waals surface area contributed by atoms with E-state index in [0.29, 0.717) is 17.1 Å². The highest BCUT2D eigenvalue weighted by Gasteiger charge is 2.24. The Bertz CT molecular complexity index is 1360. The van der Waals surface area contributed by atoms with E-state index in [9.17, 15) is 19.2 Å². The van der Waals surface area contributed by atoms with E-state index >= 15 is 0 Å². The van der Waals surface area contributed by atoms with E-state index in [4.69, 9.17) is 9.47 Å². The summed E-state index contributed by atoms with van der Waals surface area (Å²) in [6, 6.07) is 8.00. The van der Waals surface area contributed by atoms with Gasteiger partial charge in [0.05, 0.1) is 30.9 Å². The Morgan fingerprint density at radius 1 is 1.12 bits per heavy atom. The van der Waals surface area contributed by atoms with Crippen LogP contribution in [0.15, 0.2) is 39.9 Å². The molecule has 10 nitrogen and oxygen atoms in total. The quantitative estimate of drug-likeness (QED) is 0.581. The Labute approximate surface area is 189 Å². The number of pyridine rings is 1. The fraction of sp³-hybridized carbons (Fsp3) is 0.348. The first-order valence-corrected chi connectivity index (χ1v) is 10.2. The maximum absolute atomic E-state index is 13.5. The Balaban J connectivity index is 2.44. The second kappa shape index (κ2) is 8.89. The highest BCUT2D eigenvalue weighted by Crippen LogP contribution is 2.21. The van der Waals surface area contributed by atoms with Gasteiger partial charge >= 0.3 is 11.7 Å². The largest absolute Gasteiger partial charge is 0.497 e. The molecule has 3 aromatic rings. The fourth-order valence-corrected chi connectivity index (χ4v) is 3.46. The third-order valence-electron chi connectivity index (χ3n) is 4.75. The van der Waals surface area contributed by atoms with Crippen LogP contribution < -0.4 is 21.3 Å². The van der Waals surface area contributed by atoms with Crippen molar-refractivity contribution in [2.75, 3.05) is 14.2 Å². The first kappa shape index (κ1) is 23.7. The molecule has 1 amide bonds. The summed E-state index contributed by atoms with van der Waals surface area (Å²) in [6.45, 7) is 6.44. The topological polar surface area (TPSA) is 122 Å². The molecule has 0 saturated heterocycles. The third-order valence-corrected chi connectivity index (χ3v) is 4.75. The lowest BCUT2D eigenvalue weighted by atomic mass is 10.1. The molecule has 2 aromatic heterocycles. The summed E-state index contributed by atoms with van der Waals surface area (Å²) in [4.78, 5) is 56.4. The van der Waals surface area contributed by atoms with E-state index in [1.807, 2.05) is 0 Å². The molecule has 0 aliphatic rings. The first-order valence-electron chi connectivity index (χ1n) is 10.2. The van der Waals surface area contributed by atoms with Crippen LogP contribution in [0.2, 0.25) is 0 Å². The molecule has 0 saturated carbocycles. The van der Waals surface area contributed by atoms with Gasteiger partial charge in [0.25, 0.3) is 5.56 Å². The van der Waals surface area contributed by atoms with Gasteiger partial charge in [0.1, 0.15) is 12.3 Å². The number of carbonyl (C=O) groups excluding carboxylic acids is 2. The van der Waals surface area contributed by atoms with Crippen molar-refractivity contribution in [1.29, 1.82) is 0 Å². The van der Waals surface area contributed by atoms with Gasteiger partial charge in [-0.15, -0.1) is 0 Å². The summed E-state index contributed by atoms with van der Waals surface area (Å²) in [6.07, 6.45) is 0. The Morgan fingerprint density at radius 3 is 2.42 bits per heavy atom. The Morgan fingerprint density at radius 2 is 1.82 bits per heavy atom. The molecule has 0 aliphatic carbocycles. The molecule has 174 valence electrons. The third kappa shape index (κ3) is 4.79. The van der Waals surface area contributed by atoms with Crippen LogP contribution in [0.3, 0.4) is 0 Å². The average Bonchev–Trinajstić information content (AvgIpc) is 2.74. The smallest absolute Gasteiger partial charge is 0.338 e. The number of hydrogen-bond donors (Lipinski definition) is 1. The van der Waals surface area contributed by atoms with Crippen molar-refractivity contribution in [3.05, 3.63) is 62.4 Å². The maximum Gasteiger partial charge on any atom is 0.338 e. The van der Waals surface area contributed by atoms with Crippen molar-refractivity contribution in [2.45, 2.75) is 39.8 Å². The molecular weight excluding hydrogens is 428 g/mol. The molecule has 1 N–H and O–H groups in total. The van der Waals surface area contributed by atoms with Gasteiger partial charge in [-0.25, -0.2) is 23.7 Å². The summed E-state index contributed by atoms with van der Waals surface area (Å²) in [7, 11) is 2.67. The second-order valence-electron chi connectivity index (χ2n) is 8.51. The lowest BCUT2D eigenvalue weighted by Crippen LogP contribution is -2.47. The molecule has 10 heteroatoms. The Hall–Kier alpha value is -3.95. The number of esters is 1. The number of aryl methyl sites for hydroxylation is 1. The summed E-state index contributed by atoms with van der Waals surface area (Å²) in [5.41, 5.74) is -1.48. The predicted octanol–water partition coefficient (Wildman–Crippen LogP) is 1.57. The number of nitrogens with zero attached hydrogens (tertiary/aromatic N) is 3. The number of amides is 1. The van der Waals surface area contributed by atoms with Crippen LogP contribution in [0.1, 0.15) is 36.8 Å². The van der Waals surface area contributed by atoms with Crippen molar-refractivity contribution in [3.8, 4) is 11.4 Å². The van der Waals surface area contributed by atoms with Gasteiger partial charge in [-0.3, -0.25) is 9.59 Å². The molecule has 0 atom stereocenters. The molecule has 2 heterocycles. The maximum atomic E-state index is 13.5. The summed E-state index contributed by atoms with van der Waals surface area (Å²) < 4.78 is 12.1. The molecule has 0 unspecified atom stereocenters. The van der Waals surface area contributed by atoms with Gasteiger partial charge in [0, 0.05) is 17.3 Å². The normalized spacial score (nSPS) is 11.3. The highest BCUT2D eigenvalue weighted by atomic mass is 16.5. The van der Waals surface area contributed by atoms with Crippen LogP contribution in [0.25, 0.3) is 16.7 Å². The van der Waals surface area contributed by atoms with Gasteiger partial charge in [0.2, 0.25) is 5.91 Å². The minimum absolute atomic E-state index is 0.0221. The zero-order chi connectivity index (χ0) is 24.5. The number of nitrogens with one attached hydrogen (secondary N) is 1. The predicted molar refractivity (Wildman–Crippen MR) is 122 cm³/mol. The molecule has 3 rings (SSSR count). The molecular formula is C23H26N4O6. The standard InChI is InChI=1S/C23H26N4O6/c1-13-10-16(21(30)33-6)18-19(24-13)27(14-8-7-9-15(11-14)32-5)22(31)26(20(18)29)12-17(28)25-23(2,3)4/h7-11H,12H2,1-6H3,(H,25,28). The first-order chi connectivity index (χ1) is 15.5. The summed E-state index contributed by atoms with van der Waals surface area (Å²) in [5.74, 6) is -0.821. The van der Waals surface area contributed by atoms with E-state index in [-0.39, 0.29) is 16.6 Å². The fourth-order valence-electron chi connectivity index (χ4n) is 3.46. The minimum Gasteiger partial charge on any atom is -0.497 e. The Kier molecular flexibility index (Phi) is 6.39. The second-order valence-corrected chi connectivity index (χ2v) is 8.51. The van der Waals surface area contributed by atoms with Crippen LogP contribution in [-0.2, 0) is 16.1 Å². The number of methoxy groups -OCH3 is 2. The molecule has 33 heavy (non-hydrogen) atoms. The number of fused-ring (bicyclic) bond motifs is 1. The average molecular weight is 454 g/mol. The van der Waals surface area contributed by atoms with Crippen LogP contribution in [-0.4, -0.2) is 45.8 Å². The van der Waals surface area contributed by atoms with Gasteiger partial charge < -0.3 is 14.8 Å². The minimum atomic E-state index is -0.814. The van der Waals surface area contributed by atoms with Crippen molar-refractivity contribution in [2.24, 2.45) is 0 Å². The summed E-state index contributed by atoms with van der Waals surface area (Å²) in [5, 5.41) is 2.60. The number of aromatic nitrogens is 3. The van der Waals surface area contributed by atoms with E-state index in [0.717, 1.165) is 4.57 Å². The van der Waals surface area contributed by atoms with Crippen LogP contribution in [0.4, 0.5) is 0 Å². The number of carbonyl (C=O) groups is 2. The van der Waals surface area contributed by atoms with Crippen molar-refractivity contribution < 1.29 is 19.1 Å². The lowest BCUT2D eigenvalue weighted by molar-refractivity contribution is -0.123. The van der Waals surface area contributed by atoms with Gasteiger partial charge in [-0.2, -0.15) is 0 Å². The van der Waals surface area contributed by atoms with Crippen molar-refractivity contribution >= 4 is 22.9 Å². The molecule has 0 fully saturated rings. The van der Waals surface area contributed by atoms with Crippen molar-refractivity contribution in [3.63, 3.8) is 0 Å². The van der Waals surface area contributed by atoms with E-state index in [2.05, 4.69) is 10.3 Å². The number of hydrogen-bond acceptors (Lipinski definition) is 7. The zero-order valence-electron chi connectivity index (χ0n) is 19.4. The van der Waals surface area contributed by atoms with Gasteiger partial charge in [-0.1, -0.05) is 6.07 Å². The molecule has 0 radical (unpaired) electrons. The zero-order valence-corrected chi connectivity index (χ0v) is 19.4. The van der Waals surface area contributed by atoms with E-state index < -0.39 is 35.2 Å². The van der Waals surface area contributed by atoms with E-state index in [1.54, 1.807) is 52.0 Å². The summed E-state index contributed by atoms with van der Waals surface area (Å²) >= 11 is 0. The van der Waals surface area contributed by atoms with Crippen LogP contribution in [0, 0.1) is 6.92 Å². The number of rotatable bonds is 5. The molecule has 0 bridgehead atoms. The van der Waals surface area contributed by atoms with Gasteiger partial charge in [-0.05, 0) is 45.9 Å². The number of benzene rings is 1. The lowest BCUT2D eigenvalue weighted by Gasteiger charge is -2.21. The van der Waals surface area contributed by atoms with Crippen LogP contribution in [0.5, 0.6) is 5.75 Å². The van der Waals surface area contributed by atoms with E-state index in [1.165, 1.54) is 24.9 Å². The highest BCUT2D eigenvalue weighted by molar-refractivity contribution is 6.02.